The predicted molar refractivity (Wildman–Crippen MR) is 72.3 cm³/mol. The third kappa shape index (κ3) is 4.30. The summed E-state index contributed by atoms with van der Waals surface area (Å²) in [7, 11) is 0. The highest BCUT2D eigenvalue weighted by molar-refractivity contribution is 9.10. The lowest BCUT2D eigenvalue weighted by molar-refractivity contribution is 0.0871. The number of hydrogen-bond donors (Lipinski definition) is 2. The smallest absolute Gasteiger partial charge is 0.252 e. The van der Waals surface area contributed by atoms with Gasteiger partial charge < -0.3 is 10.4 Å². The third-order valence-corrected chi connectivity index (χ3v) is 3.31. The quantitative estimate of drug-likeness (QED) is 0.896. The van der Waals surface area contributed by atoms with E-state index < -0.39 is 6.10 Å². The van der Waals surface area contributed by atoms with Crippen LogP contribution in [0.4, 0.5) is 0 Å². The Labute approximate surface area is 114 Å². The van der Waals surface area contributed by atoms with Crippen LogP contribution in [-0.2, 0) is 0 Å². The zero-order valence-electron chi connectivity index (χ0n) is 9.71. The van der Waals surface area contributed by atoms with Crippen LogP contribution in [0.15, 0.2) is 22.7 Å². The first kappa shape index (κ1) is 14.5. The van der Waals surface area contributed by atoms with Crippen LogP contribution in [0.2, 0.25) is 5.02 Å². The van der Waals surface area contributed by atoms with E-state index in [9.17, 15) is 9.90 Å². The van der Waals surface area contributed by atoms with Crippen molar-refractivity contribution in [3.63, 3.8) is 0 Å². The van der Waals surface area contributed by atoms with Crippen LogP contribution in [0.1, 0.15) is 24.2 Å². The van der Waals surface area contributed by atoms with Crippen molar-refractivity contribution in [1.82, 2.24) is 5.32 Å². The van der Waals surface area contributed by atoms with E-state index in [0.717, 1.165) is 0 Å². The summed E-state index contributed by atoms with van der Waals surface area (Å²) < 4.78 is 0.640. The van der Waals surface area contributed by atoms with Crippen LogP contribution in [0.25, 0.3) is 0 Å². The summed E-state index contributed by atoms with van der Waals surface area (Å²) in [4.78, 5) is 11.8. The van der Waals surface area contributed by atoms with Gasteiger partial charge in [0.05, 0.1) is 11.7 Å². The van der Waals surface area contributed by atoms with Gasteiger partial charge in [-0.25, -0.2) is 0 Å². The van der Waals surface area contributed by atoms with Gasteiger partial charge in [0.25, 0.3) is 5.91 Å². The third-order valence-electron chi connectivity index (χ3n) is 2.42. The number of rotatable bonds is 4. The Bertz CT molecular complexity index is 409. The normalized spacial score (nSPS) is 12.6. The van der Waals surface area contributed by atoms with Crippen LogP contribution in [0, 0.1) is 5.92 Å². The Balaban J connectivity index is 2.64. The van der Waals surface area contributed by atoms with E-state index in [1.807, 2.05) is 13.8 Å². The molecule has 1 rings (SSSR count). The van der Waals surface area contributed by atoms with Gasteiger partial charge in [0.2, 0.25) is 0 Å². The molecule has 0 aliphatic heterocycles. The molecule has 0 saturated carbocycles. The topological polar surface area (TPSA) is 49.3 Å². The SMILES string of the molecule is CC(C)C(O)CNC(=O)c1ccc(Cl)cc1Br. The van der Waals surface area contributed by atoms with E-state index in [1.54, 1.807) is 18.2 Å². The molecule has 1 atom stereocenters. The van der Waals surface area contributed by atoms with Crippen LogP contribution in [0.3, 0.4) is 0 Å². The average Bonchev–Trinajstić information content (AvgIpc) is 2.25. The van der Waals surface area contributed by atoms with Gasteiger partial charge in [-0.3, -0.25) is 4.79 Å². The van der Waals surface area contributed by atoms with Gasteiger partial charge in [-0.1, -0.05) is 25.4 Å². The molecule has 3 nitrogen and oxygen atoms in total. The Morgan fingerprint density at radius 2 is 2.18 bits per heavy atom. The van der Waals surface area contributed by atoms with E-state index in [1.165, 1.54) is 0 Å². The first-order chi connectivity index (χ1) is 7.91. The predicted octanol–water partition coefficient (Wildman–Crippen LogP) is 2.85. The molecule has 0 saturated heterocycles. The molecule has 94 valence electrons. The second-order valence-electron chi connectivity index (χ2n) is 4.15. The second-order valence-corrected chi connectivity index (χ2v) is 5.44. The first-order valence-electron chi connectivity index (χ1n) is 5.33. The summed E-state index contributed by atoms with van der Waals surface area (Å²) in [6, 6.07) is 4.96. The standard InChI is InChI=1S/C12H15BrClNO2/c1-7(2)11(16)6-15-12(17)9-4-3-8(14)5-10(9)13/h3-5,7,11,16H,6H2,1-2H3,(H,15,17). The van der Waals surface area contributed by atoms with Crippen LogP contribution < -0.4 is 5.32 Å². The van der Waals surface area contributed by atoms with Gasteiger partial charge in [-0.05, 0) is 40.0 Å². The molecule has 1 aromatic rings. The zero-order chi connectivity index (χ0) is 13.0. The lowest BCUT2D eigenvalue weighted by Gasteiger charge is -2.15. The molecule has 0 heterocycles. The molecule has 0 spiro atoms. The van der Waals surface area contributed by atoms with Crippen molar-refractivity contribution in [3.05, 3.63) is 33.3 Å². The summed E-state index contributed by atoms with van der Waals surface area (Å²) in [5.41, 5.74) is 0.505. The van der Waals surface area contributed by atoms with Gasteiger partial charge in [-0.2, -0.15) is 0 Å². The maximum atomic E-state index is 11.8. The number of aliphatic hydroxyl groups excluding tert-OH is 1. The van der Waals surface area contributed by atoms with Crippen LogP contribution in [0.5, 0.6) is 0 Å². The molecule has 0 aliphatic carbocycles. The van der Waals surface area contributed by atoms with Crippen LogP contribution in [-0.4, -0.2) is 23.7 Å². The maximum Gasteiger partial charge on any atom is 0.252 e. The summed E-state index contributed by atoms with van der Waals surface area (Å²) in [6.07, 6.45) is -0.537. The summed E-state index contributed by atoms with van der Waals surface area (Å²) >= 11 is 9.06. The molecule has 0 aliphatic rings. The summed E-state index contributed by atoms with van der Waals surface area (Å²) in [5, 5.41) is 12.8. The summed E-state index contributed by atoms with van der Waals surface area (Å²) in [6.45, 7) is 4.04. The van der Waals surface area contributed by atoms with Gasteiger partial charge in [0, 0.05) is 16.0 Å². The molecule has 0 aromatic heterocycles. The maximum absolute atomic E-state index is 11.8. The molecule has 2 N–H and O–H groups in total. The van der Waals surface area contributed by atoms with Crippen molar-refractivity contribution in [1.29, 1.82) is 0 Å². The molecule has 1 unspecified atom stereocenters. The zero-order valence-corrected chi connectivity index (χ0v) is 12.0. The fraction of sp³-hybridized carbons (Fsp3) is 0.417. The largest absolute Gasteiger partial charge is 0.391 e. The highest BCUT2D eigenvalue weighted by Crippen LogP contribution is 2.21. The Kier molecular flexibility index (Phi) is 5.43. The molecule has 1 aromatic carbocycles. The highest BCUT2D eigenvalue weighted by Gasteiger charge is 2.13. The second kappa shape index (κ2) is 6.38. The van der Waals surface area contributed by atoms with Crippen molar-refractivity contribution in [2.45, 2.75) is 20.0 Å². The minimum Gasteiger partial charge on any atom is -0.391 e. The van der Waals surface area contributed by atoms with Crippen molar-refractivity contribution in [3.8, 4) is 0 Å². The number of hydrogen-bond acceptors (Lipinski definition) is 2. The molecular formula is C12H15BrClNO2. The lowest BCUT2D eigenvalue weighted by atomic mass is 10.1. The van der Waals surface area contributed by atoms with Gasteiger partial charge in [0.1, 0.15) is 0 Å². The van der Waals surface area contributed by atoms with E-state index in [2.05, 4.69) is 21.2 Å². The van der Waals surface area contributed by atoms with Crippen molar-refractivity contribution >= 4 is 33.4 Å². The number of benzene rings is 1. The number of nitrogens with one attached hydrogen (secondary N) is 1. The molecule has 5 heteroatoms. The van der Waals surface area contributed by atoms with Crippen molar-refractivity contribution < 1.29 is 9.90 Å². The number of carbonyl (C=O) groups is 1. The van der Waals surface area contributed by atoms with Gasteiger partial charge >= 0.3 is 0 Å². The highest BCUT2D eigenvalue weighted by atomic mass is 79.9. The van der Waals surface area contributed by atoms with Gasteiger partial charge in [0.15, 0.2) is 0 Å². The minimum atomic E-state index is -0.537. The minimum absolute atomic E-state index is 0.115. The molecule has 1 amide bonds. The fourth-order valence-electron chi connectivity index (χ4n) is 1.20. The molecule has 0 bridgehead atoms. The van der Waals surface area contributed by atoms with Crippen LogP contribution >= 0.6 is 27.5 Å². The van der Waals surface area contributed by atoms with E-state index in [4.69, 9.17) is 11.6 Å². The van der Waals surface area contributed by atoms with E-state index in [-0.39, 0.29) is 18.4 Å². The molecule has 17 heavy (non-hydrogen) atoms. The fourth-order valence-corrected chi connectivity index (χ4v) is 2.06. The molecule has 0 fully saturated rings. The Morgan fingerprint density at radius 1 is 1.53 bits per heavy atom. The number of halogens is 2. The Hall–Kier alpha value is -0.580. The monoisotopic (exact) mass is 319 g/mol. The summed E-state index contributed by atoms with van der Waals surface area (Å²) in [5.74, 6) is -0.114. The van der Waals surface area contributed by atoms with Crippen molar-refractivity contribution in [2.75, 3.05) is 6.54 Å². The lowest BCUT2D eigenvalue weighted by Crippen LogP contribution is -2.34. The number of amides is 1. The first-order valence-corrected chi connectivity index (χ1v) is 6.50. The van der Waals surface area contributed by atoms with Gasteiger partial charge in [-0.15, -0.1) is 0 Å². The number of carbonyl (C=O) groups excluding carboxylic acids is 1. The number of aliphatic hydroxyl groups is 1. The molecular weight excluding hydrogens is 305 g/mol. The average molecular weight is 321 g/mol. The van der Waals surface area contributed by atoms with E-state index >= 15 is 0 Å². The van der Waals surface area contributed by atoms with Crippen molar-refractivity contribution in [2.24, 2.45) is 5.92 Å². The molecule has 0 radical (unpaired) electrons. The Morgan fingerprint density at radius 3 is 2.71 bits per heavy atom. The van der Waals surface area contributed by atoms with E-state index in [0.29, 0.717) is 15.1 Å².